The zero-order valence-corrected chi connectivity index (χ0v) is 21.5. The third-order valence-corrected chi connectivity index (χ3v) is 6.92. The number of Topliss-reactive ketones (excluding diaryl/α,β-unsaturated/α-hetero) is 1. The SMILES string of the molecule is CCCCOc1ccc(C(O)=C2C(=O)C(=O)N(CCCN3CCOCC3)[C@H]2c2ccc(F)cc2)c(C)c1. The summed E-state index contributed by atoms with van der Waals surface area (Å²) in [6, 6.07) is 10.2. The summed E-state index contributed by atoms with van der Waals surface area (Å²) in [6.45, 7) is 8.64. The number of carbonyl (C=O) groups is 2. The molecule has 2 heterocycles. The van der Waals surface area contributed by atoms with E-state index in [9.17, 15) is 19.1 Å². The number of benzene rings is 2. The number of halogens is 1. The maximum Gasteiger partial charge on any atom is 0.295 e. The second-order valence-electron chi connectivity index (χ2n) is 9.53. The van der Waals surface area contributed by atoms with E-state index < -0.39 is 23.5 Å². The molecule has 8 heteroatoms. The van der Waals surface area contributed by atoms with Crippen LogP contribution in [0.5, 0.6) is 5.75 Å². The molecule has 2 aromatic rings. The summed E-state index contributed by atoms with van der Waals surface area (Å²) < 4.78 is 24.9. The lowest BCUT2D eigenvalue weighted by Crippen LogP contribution is -2.38. The molecule has 37 heavy (non-hydrogen) atoms. The highest BCUT2D eigenvalue weighted by Crippen LogP contribution is 2.40. The van der Waals surface area contributed by atoms with Gasteiger partial charge in [-0.2, -0.15) is 0 Å². The Kier molecular flexibility index (Phi) is 8.95. The van der Waals surface area contributed by atoms with Crippen molar-refractivity contribution in [3.63, 3.8) is 0 Å². The van der Waals surface area contributed by atoms with Crippen molar-refractivity contribution in [1.82, 2.24) is 9.80 Å². The molecule has 2 fully saturated rings. The molecule has 7 nitrogen and oxygen atoms in total. The molecule has 1 atom stereocenters. The number of aryl methyl sites for hydroxylation is 1. The third-order valence-electron chi connectivity index (χ3n) is 6.92. The predicted octanol–water partition coefficient (Wildman–Crippen LogP) is 4.46. The molecule has 198 valence electrons. The Morgan fingerprint density at radius 1 is 1.08 bits per heavy atom. The van der Waals surface area contributed by atoms with Gasteiger partial charge in [0.15, 0.2) is 0 Å². The van der Waals surface area contributed by atoms with Crippen LogP contribution in [-0.4, -0.2) is 72.6 Å². The highest BCUT2D eigenvalue weighted by molar-refractivity contribution is 6.46. The second-order valence-corrected chi connectivity index (χ2v) is 9.53. The standard InChI is InChI=1S/C29H35FN2O5/c1-3-4-16-37-23-10-11-24(20(2)19-23)27(33)25-26(21-6-8-22(30)9-7-21)32(29(35)28(25)34)13-5-12-31-14-17-36-18-15-31/h6-11,19,26,33H,3-5,12-18H2,1-2H3/t26-/m0/s1. The minimum atomic E-state index is -0.801. The van der Waals surface area contributed by atoms with Gasteiger partial charge in [-0.25, -0.2) is 4.39 Å². The van der Waals surface area contributed by atoms with Gasteiger partial charge >= 0.3 is 0 Å². The molecule has 2 aromatic carbocycles. The largest absolute Gasteiger partial charge is 0.507 e. The van der Waals surface area contributed by atoms with Crippen molar-refractivity contribution in [2.45, 2.75) is 39.2 Å². The third kappa shape index (κ3) is 6.19. The zero-order valence-electron chi connectivity index (χ0n) is 21.5. The molecule has 0 radical (unpaired) electrons. The normalized spacial score (nSPS) is 20.0. The van der Waals surface area contributed by atoms with E-state index in [4.69, 9.17) is 9.47 Å². The van der Waals surface area contributed by atoms with Crippen LogP contribution in [0.25, 0.3) is 5.76 Å². The van der Waals surface area contributed by atoms with Gasteiger partial charge in [-0.3, -0.25) is 14.5 Å². The molecular weight excluding hydrogens is 475 g/mol. The maximum atomic E-state index is 13.7. The first kappa shape index (κ1) is 26.8. The van der Waals surface area contributed by atoms with Crippen molar-refractivity contribution in [2.75, 3.05) is 46.0 Å². The number of ketones is 1. The summed E-state index contributed by atoms with van der Waals surface area (Å²) in [7, 11) is 0. The van der Waals surface area contributed by atoms with Crippen molar-refractivity contribution in [3.05, 3.63) is 70.5 Å². The van der Waals surface area contributed by atoms with Crippen LogP contribution in [0.1, 0.15) is 48.9 Å². The van der Waals surface area contributed by atoms with E-state index >= 15 is 0 Å². The summed E-state index contributed by atoms with van der Waals surface area (Å²) >= 11 is 0. The Morgan fingerprint density at radius 3 is 2.49 bits per heavy atom. The van der Waals surface area contributed by atoms with Gasteiger partial charge < -0.3 is 19.5 Å². The van der Waals surface area contributed by atoms with Crippen molar-refractivity contribution < 1.29 is 28.6 Å². The Hall–Kier alpha value is -3.23. The number of rotatable bonds is 10. The zero-order chi connectivity index (χ0) is 26.4. The highest BCUT2D eigenvalue weighted by Gasteiger charge is 2.46. The fraction of sp³-hybridized carbons (Fsp3) is 0.448. The Labute approximate surface area is 217 Å². The summed E-state index contributed by atoms with van der Waals surface area (Å²) in [5.74, 6) is -1.36. The van der Waals surface area contributed by atoms with E-state index in [2.05, 4.69) is 11.8 Å². The molecule has 0 spiro atoms. The van der Waals surface area contributed by atoms with Crippen LogP contribution < -0.4 is 4.74 Å². The van der Waals surface area contributed by atoms with Crippen molar-refractivity contribution in [2.24, 2.45) is 0 Å². The number of nitrogens with zero attached hydrogens (tertiary/aromatic N) is 2. The maximum absolute atomic E-state index is 13.7. The summed E-state index contributed by atoms with van der Waals surface area (Å²) in [6.07, 6.45) is 2.62. The van der Waals surface area contributed by atoms with Gasteiger partial charge in [-0.15, -0.1) is 0 Å². The van der Waals surface area contributed by atoms with E-state index in [0.717, 1.165) is 38.0 Å². The number of carbonyl (C=O) groups excluding carboxylic acids is 2. The van der Waals surface area contributed by atoms with Crippen LogP contribution in [0, 0.1) is 12.7 Å². The minimum absolute atomic E-state index is 0.0192. The molecule has 0 aromatic heterocycles. The lowest BCUT2D eigenvalue weighted by atomic mass is 9.94. The van der Waals surface area contributed by atoms with E-state index in [1.807, 2.05) is 13.0 Å². The number of aliphatic hydroxyl groups excluding tert-OH is 1. The first-order valence-corrected chi connectivity index (χ1v) is 13.0. The van der Waals surface area contributed by atoms with Gasteiger partial charge in [-0.05, 0) is 61.2 Å². The average molecular weight is 511 g/mol. The Balaban J connectivity index is 1.64. The van der Waals surface area contributed by atoms with Gasteiger partial charge in [0.05, 0.1) is 31.4 Å². The summed E-state index contributed by atoms with van der Waals surface area (Å²) in [4.78, 5) is 30.2. The van der Waals surface area contributed by atoms with Crippen molar-refractivity contribution in [1.29, 1.82) is 0 Å². The summed E-state index contributed by atoms with van der Waals surface area (Å²) in [5.41, 5.74) is 1.78. The number of amides is 1. The van der Waals surface area contributed by atoms with Gasteiger partial charge in [0.1, 0.15) is 17.3 Å². The smallest absolute Gasteiger partial charge is 0.295 e. The van der Waals surface area contributed by atoms with Crippen molar-refractivity contribution in [3.8, 4) is 5.75 Å². The molecule has 1 N–H and O–H groups in total. The second kappa shape index (κ2) is 12.3. The van der Waals surface area contributed by atoms with Crippen LogP contribution in [-0.2, 0) is 14.3 Å². The van der Waals surface area contributed by atoms with Crippen LogP contribution >= 0.6 is 0 Å². The molecule has 1 amide bonds. The summed E-state index contributed by atoms with van der Waals surface area (Å²) in [5, 5.41) is 11.4. The molecular formula is C29H35FN2O5. The van der Waals surface area contributed by atoms with Gasteiger partial charge in [0.2, 0.25) is 0 Å². The van der Waals surface area contributed by atoms with E-state index in [1.165, 1.54) is 17.0 Å². The van der Waals surface area contributed by atoms with Crippen LogP contribution in [0.2, 0.25) is 0 Å². The molecule has 2 aliphatic heterocycles. The van der Waals surface area contributed by atoms with Crippen LogP contribution in [0.3, 0.4) is 0 Å². The Bertz CT molecular complexity index is 1140. The number of hydrogen-bond donors (Lipinski definition) is 1. The fourth-order valence-corrected chi connectivity index (χ4v) is 4.86. The number of ether oxygens (including phenoxy) is 2. The topological polar surface area (TPSA) is 79.3 Å². The monoisotopic (exact) mass is 510 g/mol. The number of morpholine rings is 1. The molecule has 0 unspecified atom stereocenters. The van der Waals surface area contributed by atoms with E-state index in [-0.39, 0.29) is 11.3 Å². The van der Waals surface area contributed by atoms with E-state index in [0.29, 0.717) is 49.7 Å². The van der Waals surface area contributed by atoms with Gasteiger partial charge in [0, 0.05) is 31.7 Å². The quantitative estimate of drug-likeness (QED) is 0.220. The molecule has 2 saturated heterocycles. The van der Waals surface area contributed by atoms with Crippen LogP contribution in [0.4, 0.5) is 4.39 Å². The van der Waals surface area contributed by atoms with Crippen LogP contribution in [0.15, 0.2) is 48.0 Å². The first-order chi connectivity index (χ1) is 17.9. The molecule has 4 rings (SSSR count). The van der Waals surface area contributed by atoms with Gasteiger partial charge in [-0.1, -0.05) is 25.5 Å². The number of unbranched alkanes of at least 4 members (excludes halogenated alkanes) is 1. The number of hydrogen-bond acceptors (Lipinski definition) is 6. The molecule has 0 saturated carbocycles. The molecule has 0 bridgehead atoms. The number of likely N-dealkylation sites (tertiary alicyclic amines) is 1. The first-order valence-electron chi connectivity index (χ1n) is 13.0. The number of aliphatic hydroxyl groups is 1. The van der Waals surface area contributed by atoms with Crippen molar-refractivity contribution >= 4 is 17.4 Å². The molecule has 0 aliphatic carbocycles. The lowest BCUT2D eigenvalue weighted by Gasteiger charge is -2.29. The average Bonchev–Trinajstić information content (AvgIpc) is 3.15. The minimum Gasteiger partial charge on any atom is -0.507 e. The highest BCUT2D eigenvalue weighted by atomic mass is 19.1. The fourth-order valence-electron chi connectivity index (χ4n) is 4.86. The Morgan fingerprint density at radius 2 is 1.81 bits per heavy atom. The van der Waals surface area contributed by atoms with Gasteiger partial charge in [0.25, 0.3) is 11.7 Å². The predicted molar refractivity (Wildman–Crippen MR) is 139 cm³/mol. The lowest BCUT2D eigenvalue weighted by molar-refractivity contribution is -0.140. The molecule has 2 aliphatic rings. The van der Waals surface area contributed by atoms with E-state index in [1.54, 1.807) is 24.3 Å².